The minimum Gasteiger partial charge on any atom is -0.373 e. The molecule has 3 aliphatic rings. The van der Waals surface area contributed by atoms with Gasteiger partial charge in [0.05, 0.1) is 5.52 Å². The first-order chi connectivity index (χ1) is 12.0. The fourth-order valence-corrected chi connectivity index (χ4v) is 5.08. The molecule has 0 saturated heterocycles. The number of fused-ring (bicyclic) bond motifs is 4. The maximum absolute atomic E-state index is 13.1. The first kappa shape index (κ1) is 14.9. The van der Waals surface area contributed by atoms with Crippen LogP contribution in [-0.2, 0) is 21.4 Å². The number of hydrogen-bond acceptors (Lipinski definition) is 3. The number of benzene rings is 1. The predicted molar refractivity (Wildman–Crippen MR) is 93.1 cm³/mol. The molecule has 1 aromatic carbocycles. The number of nitrogens with one attached hydrogen (secondary N) is 1. The van der Waals surface area contributed by atoms with Crippen molar-refractivity contribution in [1.29, 1.82) is 0 Å². The van der Waals surface area contributed by atoms with Crippen LogP contribution in [0.1, 0.15) is 37.3 Å². The fourth-order valence-electron chi connectivity index (χ4n) is 5.08. The van der Waals surface area contributed by atoms with E-state index in [9.17, 15) is 14.7 Å². The first-order valence-corrected chi connectivity index (χ1v) is 8.84. The summed E-state index contributed by atoms with van der Waals surface area (Å²) >= 11 is 0. The van der Waals surface area contributed by atoms with Gasteiger partial charge in [0.1, 0.15) is 11.6 Å². The van der Waals surface area contributed by atoms with E-state index < -0.39 is 11.6 Å². The van der Waals surface area contributed by atoms with Crippen LogP contribution in [0, 0.1) is 5.92 Å². The lowest BCUT2D eigenvalue weighted by Crippen LogP contribution is -2.51. The Morgan fingerprint density at radius 1 is 1.36 bits per heavy atom. The summed E-state index contributed by atoms with van der Waals surface area (Å²) in [5.74, 6) is -0.200. The Hall–Kier alpha value is -2.40. The highest BCUT2D eigenvalue weighted by atomic mass is 16.3. The third-order valence-corrected chi connectivity index (χ3v) is 6.13. The third-order valence-electron chi connectivity index (χ3n) is 6.13. The monoisotopic (exact) mass is 336 g/mol. The molecule has 2 aliphatic heterocycles. The van der Waals surface area contributed by atoms with E-state index in [4.69, 9.17) is 0 Å². The molecule has 3 heterocycles. The van der Waals surface area contributed by atoms with E-state index in [1.54, 1.807) is 6.92 Å². The second-order valence-electron chi connectivity index (χ2n) is 7.50. The summed E-state index contributed by atoms with van der Waals surface area (Å²) in [6.45, 7) is 2.12. The van der Waals surface area contributed by atoms with Gasteiger partial charge in [-0.3, -0.25) is 9.59 Å². The van der Waals surface area contributed by atoms with E-state index in [1.807, 2.05) is 28.8 Å². The van der Waals surface area contributed by atoms with E-state index in [0.29, 0.717) is 25.0 Å². The molecule has 1 spiro atoms. The molecular formula is C20H20N2O3. The lowest BCUT2D eigenvalue weighted by Gasteiger charge is -2.45. The van der Waals surface area contributed by atoms with Gasteiger partial charge in [-0.15, -0.1) is 0 Å². The number of carbonyl (C=O) groups is 2. The fraction of sp³-hybridized carbons (Fsp3) is 0.400. The summed E-state index contributed by atoms with van der Waals surface area (Å²) in [6.07, 6.45) is 2.98. The molecule has 2 N–H and O–H groups in total. The number of para-hydroxylation sites is 1. The van der Waals surface area contributed by atoms with Gasteiger partial charge in [-0.25, -0.2) is 0 Å². The topological polar surface area (TPSA) is 71.3 Å². The summed E-state index contributed by atoms with van der Waals surface area (Å²) in [7, 11) is 0. The summed E-state index contributed by atoms with van der Waals surface area (Å²) < 4.78 is 1.96. The van der Waals surface area contributed by atoms with E-state index in [2.05, 4.69) is 11.4 Å². The summed E-state index contributed by atoms with van der Waals surface area (Å²) in [4.78, 5) is 25.2. The highest BCUT2D eigenvalue weighted by molar-refractivity contribution is 6.00. The zero-order valence-corrected chi connectivity index (χ0v) is 14.1. The van der Waals surface area contributed by atoms with Gasteiger partial charge in [-0.1, -0.05) is 24.3 Å². The van der Waals surface area contributed by atoms with Crippen molar-refractivity contribution in [2.75, 3.05) is 6.54 Å². The molecule has 1 aliphatic carbocycles. The Bertz CT molecular complexity index is 971. The third kappa shape index (κ3) is 1.76. The number of aliphatic hydroxyl groups is 1. The number of aliphatic hydroxyl groups excluding tert-OH is 1. The van der Waals surface area contributed by atoms with Crippen LogP contribution in [0.15, 0.2) is 35.9 Å². The number of ketones is 1. The van der Waals surface area contributed by atoms with Crippen LogP contribution >= 0.6 is 0 Å². The summed E-state index contributed by atoms with van der Waals surface area (Å²) in [5, 5.41) is 15.2. The van der Waals surface area contributed by atoms with Gasteiger partial charge in [0, 0.05) is 23.5 Å². The van der Waals surface area contributed by atoms with Crippen LogP contribution in [0.4, 0.5) is 0 Å². The minimum atomic E-state index is -0.853. The summed E-state index contributed by atoms with van der Waals surface area (Å²) in [5.41, 5.74) is 2.78. The van der Waals surface area contributed by atoms with Crippen molar-refractivity contribution in [1.82, 2.24) is 9.88 Å². The van der Waals surface area contributed by atoms with Gasteiger partial charge in [0.2, 0.25) is 5.91 Å². The molecule has 0 saturated carbocycles. The summed E-state index contributed by atoms with van der Waals surface area (Å²) in [6, 6.07) is 8.03. The van der Waals surface area contributed by atoms with Crippen molar-refractivity contribution in [3.05, 3.63) is 47.2 Å². The first-order valence-electron chi connectivity index (χ1n) is 8.84. The Kier molecular flexibility index (Phi) is 2.87. The highest BCUT2D eigenvalue weighted by Crippen LogP contribution is 2.53. The number of aromatic nitrogens is 1. The van der Waals surface area contributed by atoms with Gasteiger partial charge in [-0.2, -0.15) is 0 Å². The molecule has 5 rings (SSSR count). The number of carbonyl (C=O) groups excluding carboxylic acids is 2. The molecular weight excluding hydrogens is 316 g/mol. The number of nitrogens with zero attached hydrogens (tertiary/aromatic N) is 1. The van der Waals surface area contributed by atoms with Gasteiger partial charge >= 0.3 is 0 Å². The standard InChI is InChI=1S/C20H20N2O3/c1-11(23)12-8-13-10-20(9-12)17-15(6-7-21-19(20)25)14-4-2-3-5-16(14)22(17)18(13)24/h2-5,9,13,18,24H,6-8,10H2,1H3,(H,21,25)/t13-,18-,20+/m1/s1. The lowest BCUT2D eigenvalue weighted by molar-refractivity contribution is -0.128. The second-order valence-corrected chi connectivity index (χ2v) is 7.50. The number of hydrogen-bond donors (Lipinski definition) is 2. The van der Waals surface area contributed by atoms with E-state index in [0.717, 1.165) is 28.6 Å². The van der Waals surface area contributed by atoms with Crippen molar-refractivity contribution in [3.63, 3.8) is 0 Å². The molecule has 5 heteroatoms. The van der Waals surface area contributed by atoms with Gasteiger partial charge in [-0.05, 0) is 43.4 Å². The quantitative estimate of drug-likeness (QED) is 0.836. The van der Waals surface area contributed by atoms with E-state index in [-0.39, 0.29) is 17.6 Å². The predicted octanol–water partition coefficient (Wildman–Crippen LogP) is 1.98. The van der Waals surface area contributed by atoms with Crippen molar-refractivity contribution in [2.45, 2.75) is 37.8 Å². The Morgan fingerprint density at radius 2 is 2.16 bits per heavy atom. The molecule has 0 radical (unpaired) electrons. The largest absolute Gasteiger partial charge is 0.373 e. The average Bonchev–Trinajstić information content (AvgIpc) is 2.88. The van der Waals surface area contributed by atoms with Gasteiger partial charge < -0.3 is 15.0 Å². The molecule has 25 heavy (non-hydrogen) atoms. The van der Waals surface area contributed by atoms with Gasteiger partial charge in [0.15, 0.2) is 5.78 Å². The number of rotatable bonds is 1. The van der Waals surface area contributed by atoms with Gasteiger partial charge in [0.25, 0.3) is 0 Å². The van der Waals surface area contributed by atoms with E-state index in [1.165, 1.54) is 0 Å². The van der Waals surface area contributed by atoms with Crippen molar-refractivity contribution >= 4 is 22.6 Å². The van der Waals surface area contributed by atoms with Crippen LogP contribution in [0.5, 0.6) is 0 Å². The molecule has 1 aromatic heterocycles. The maximum atomic E-state index is 13.1. The maximum Gasteiger partial charge on any atom is 0.236 e. The van der Waals surface area contributed by atoms with Crippen molar-refractivity contribution in [3.8, 4) is 0 Å². The normalized spacial score (nSPS) is 30.3. The average molecular weight is 336 g/mol. The van der Waals surface area contributed by atoms with Crippen LogP contribution in [-0.4, -0.2) is 27.9 Å². The molecule has 5 nitrogen and oxygen atoms in total. The minimum absolute atomic E-state index is 0.0144. The Balaban J connectivity index is 1.94. The number of allylic oxidation sites excluding steroid dienone is 1. The smallest absolute Gasteiger partial charge is 0.236 e. The lowest BCUT2D eigenvalue weighted by atomic mass is 9.65. The molecule has 3 atom stereocenters. The van der Waals surface area contributed by atoms with Crippen LogP contribution in [0.25, 0.3) is 10.9 Å². The second kappa shape index (κ2) is 4.82. The van der Waals surface area contributed by atoms with Crippen molar-refractivity contribution in [2.24, 2.45) is 5.92 Å². The SMILES string of the molecule is CC(=O)C1=C[C@]23C[C@@H](C1)[C@@H](O)n1c2c(c2ccccc21)CCNC3=O. The highest BCUT2D eigenvalue weighted by Gasteiger charge is 2.54. The van der Waals surface area contributed by atoms with Crippen LogP contribution < -0.4 is 5.32 Å². The van der Waals surface area contributed by atoms with Crippen molar-refractivity contribution < 1.29 is 14.7 Å². The number of Topliss-reactive ketones (excluding diaryl/α,β-unsaturated/α-hetero) is 1. The Labute approximate surface area is 145 Å². The molecule has 0 fully saturated rings. The molecule has 2 bridgehead atoms. The molecule has 0 unspecified atom stereocenters. The zero-order valence-electron chi connectivity index (χ0n) is 14.1. The van der Waals surface area contributed by atoms with E-state index >= 15 is 0 Å². The molecule has 2 aromatic rings. The number of amides is 1. The Morgan fingerprint density at radius 3 is 2.96 bits per heavy atom. The zero-order chi connectivity index (χ0) is 17.3. The van der Waals surface area contributed by atoms with Crippen LogP contribution in [0.2, 0.25) is 0 Å². The molecule has 128 valence electrons. The molecule has 1 amide bonds. The van der Waals surface area contributed by atoms with Crippen LogP contribution in [0.3, 0.4) is 0 Å².